The molecule has 0 spiro atoms. The Morgan fingerprint density at radius 3 is 2.76 bits per heavy atom. The maximum Gasteiger partial charge on any atom is 0.233 e. The second-order valence-electron chi connectivity index (χ2n) is 5.61. The van der Waals surface area contributed by atoms with E-state index in [1.54, 1.807) is 11.8 Å². The van der Waals surface area contributed by atoms with Gasteiger partial charge in [-0.3, -0.25) is 4.79 Å². The predicted octanol–water partition coefficient (Wildman–Crippen LogP) is 2.55. The van der Waals surface area contributed by atoms with Crippen LogP contribution in [0.3, 0.4) is 0 Å². The van der Waals surface area contributed by atoms with Crippen LogP contribution in [0.2, 0.25) is 0 Å². The molecule has 1 atom stereocenters. The van der Waals surface area contributed by atoms with Gasteiger partial charge >= 0.3 is 0 Å². The highest BCUT2D eigenvalue weighted by Crippen LogP contribution is 2.24. The van der Waals surface area contributed by atoms with Crippen LogP contribution in [0.15, 0.2) is 29.2 Å². The number of piperidine rings is 1. The highest BCUT2D eigenvalue weighted by Gasteiger charge is 2.30. The Morgan fingerprint density at radius 2 is 2.14 bits per heavy atom. The van der Waals surface area contributed by atoms with Crippen LogP contribution in [-0.2, 0) is 4.79 Å². The summed E-state index contributed by atoms with van der Waals surface area (Å²) in [5.74, 6) is 1.35. The average Bonchev–Trinajstić information content (AvgIpc) is 2.45. The van der Waals surface area contributed by atoms with Crippen molar-refractivity contribution >= 4 is 17.7 Å². The van der Waals surface area contributed by atoms with Crippen LogP contribution in [-0.4, -0.2) is 47.0 Å². The molecule has 0 aliphatic carbocycles. The minimum absolute atomic E-state index is 0.0915. The van der Waals surface area contributed by atoms with Crippen molar-refractivity contribution in [3.8, 4) is 5.75 Å². The standard InChI is InChI=1S/C16H23NO3S/c1-3-20-13-5-7-14(8-6-13)21-11-15(18)17-10-4-9-16(2,19)12-17/h5-8,19H,3-4,9-12H2,1-2H3. The number of carbonyl (C=O) groups is 1. The summed E-state index contributed by atoms with van der Waals surface area (Å²) in [7, 11) is 0. The Hall–Kier alpha value is -1.20. The molecule has 5 heteroatoms. The Bertz CT molecular complexity index is 473. The van der Waals surface area contributed by atoms with E-state index in [-0.39, 0.29) is 5.91 Å². The highest BCUT2D eigenvalue weighted by atomic mass is 32.2. The first-order valence-corrected chi connectivity index (χ1v) is 8.34. The largest absolute Gasteiger partial charge is 0.494 e. The van der Waals surface area contributed by atoms with E-state index in [9.17, 15) is 9.90 Å². The van der Waals surface area contributed by atoms with Crippen molar-refractivity contribution in [2.75, 3.05) is 25.4 Å². The average molecular weight is 309 g/mol. The molecular formula is C16H23NO3S. The molecule has 0 radical (unpaired) electrons. The molecule has 1 N–H and O–H groups in total. The van der Waals surface area contributed by atoms with Crippen molar-refractivity contribution < 1.29 is 14.6 Å². The second kappa shape index (κ2) is 7.18. The molecule has 1 aromatic carbocycles. The Morgan fingerprint density at radius 1 is 1.43 bits per heavy atom. The first-order chi connectivity index (χ1) is 10.00. The maximum absolute atomic E-state index is 12.2. The molecule has 0 aromatic heterocycles. The summed E-state index contributed by atoms with van der Waals surface area (Å²) in [6.07, 6.45) is 1.63. The normalized spacial score (nSPS) is 22.1. The number of ether oxygens (including phenoxy) is 1. The Kier molecular flexibility index (Phi) is 5.53. The molecule has 1 heterocycles. The lowest BCUT2D eigenvalue weighted by Gasteiger charge is -2.36. The number of aliphatic hydroxyl groups is 1. The SMILES string of the molecule is CCOc1ccc(SCC(=O)N2CCCC(C)(O)C2)cc1. The quantitative estimate of drug-likeness (QED) is 0.849. The lowest BCUT2D eigenvalue weighted by molar-refractivity contribution is -0.134. The number of benzene rings is 1. The minimum atomic E-state index is -0.738. The molecule has 21 heavy (non-hydrogen) atoms. The molecule has 4 nitrogen and oxygen atoms in total. The van der Waals surface area contributed by atoms with Gasteiger partial charge in [0.25, 0.3) is 0 Å². The Balaban J connectivity index is 1.83. The number of thioether (sulfide) groups is 1. The van der Waals surface area contributed by atoms with E-state index < -0.39 is 5.60 Å². The third kappa shape index (κ3) is 4.93. The fourth-order valence-electron chi connectivity index (χ4n) is 2.47. The fourth-order valence-corrected chi connectivity index (χ4v) is 3.27. The van der Waals surface area contributed by atoms with Crippen molar-refractivity contribution in [1.82, 2.24) is 4.90 Å². The predicted molar refractivity (Wildman–Crippen MR) is 84.8 cm³/mol. The molecular weight excluding hydrogens is 286 g/mol. The number of amides is 1. The molecule has 1 unspecified atom stereocenters. The van der Waals surface area contributed by atoms with Crippen molar-refractivity contribution in [3.05, 3.63) is 24.3 Å². The topological polar surface area (TPSA) is 49.8 Å². The van der Waals surface area contributed by atoms with E-state index in [0.29, 0.717) is 18.9 Å². The van der Waals surface area contributed by atoms with Crippen LogP contribution in [0.4, 0.5) is 0 Å². The zero-order valence-corrected chi connectivity index (χ0v) is 13.5. The van der Waals surface area contributed by atoms with E-state index >= 15 is 0 Å². The monoisotopic (exact) mass is 309 g/mol. The number of likely N-dealkylation sites (tertiary alicyclic amines) is 1. The summed E-state index contributed by atoms with van der Waals surface area (Å²) in [5, 5.41) is 10.0. The summed E-state index contributed by atoms with van der Waals surface area (Å²) >= 11 is 1.52. The van der Waals surface area contributed by atoms with Crippen molar-refractivity contribution in [1.29, 1.82) is 0 Å². The minimum Gasteiger partial charge on any atom is -0.494 e. The van der Waals surface area contributed by atoms with Gasteiger partial charge in [0.1, 0.15) is 5.75 Å². The van der Waals surface area contributed by atoms with Gasteiger partial charge in [0, 0.05) is 18.0 Å². The van der Waals surface area contributed by atoms with Gasteiger partial charge in [-0.1, -0.05) is 0 Å². The van der Waals surface area contributed by atoms with E-state index in [2.05, 4.69) is 0 Å². The fraction of sp³-hybridized carbons (Fsp3) is 0.562. The molecule has 1 amide bonds. The van der Waals surface area contributed by atoms with Gasteiger partial charge < -0.3 is 14.7 Å². The van der Waals surface area contributed by atoms with Crippen LogP contribution in [0.1, 0.15) is 26.7 Å². The zero-order chi connectivity index (χ0) is 15.3. The zero-order valence-electron chi connectivity index (χ0n) is 12.7. The lowest BCUT2D eigenvalue weighted by atomic mass is 9.95. The number of hydrogen-bond donors (Lipinski definition) is 1. The molecule has 2 rings (SSSR count). The van der Waals surface area contributed by atoms with E-state index in [1.807, 2.05) is 31.2 Å². The van der Waals surface area contributed by atoms with Crippen LogP contribution in [0.5, 0.6) is 5.75 Å². The van der Waals surface area contributed by atoms with Gasteiger partial charge in [-0.05, 0) is 51.0 Å². The number of carbonyl (C=O) groups excluding carboxylic acids is 1. The molecule has 116 valence electrons. The van der Waals surface area contributed by atoms with Gasteiger partial charge in [0.2, 0.25) is 5.91 Å². The first-order valence-electron chi connectivity index (χ1n) is 7.36. The van der Waals surface area contributed by atoms with Gasteiger partial charge in [0.05, 0.1) is 18.0 Å². The van der Waals surface area contributed by atoms with E-state index in [1.165, 1.54) is 11.8 Å². The van der Waals surface area contributed by atoms with E-state index in [0.717, 1.165) is 30.0 Å². The van der Waals surface area contributed by atoms with Crippen molar-refractivity contribution in [3.63, 3.8) is 0 Å². The van der Waals surface area contributed by atoms with Gasteiger partial charge in [-0.15, -0.1) is 11.8 Å². The summed E-state index contributed by atoms with van der Waals surface area (Å²) in [5.41, 5.74) is -0.738. The maximum atomic E-state index is 12.2. The number of rotatable bonds is 5. The smallest absolute Gasteiger partial charge is 0.233 e. The summed E-state index contributed by atoms with van der Waals surface area (Å²) in [6, 6.07) is 7.77. The second-order valence-corrected chi connectivity index (χ2v) is 6.66. The summed E-state index contributed by atoms with van der Waals surface area (Å²) in [4.78, 5) is 15.0. The van der Waals surface area contributed by atoms with Crippen LogP contribution >= 0.6 is 11.8 Å². The third-order valence-corrected chi connectivity index (χ3v) is 4.52. The van der Waals surface area contributed by atoms with Crippen LogP contribution in [0.25, 0.3) is 0 Å². The van der Waals surface area contributed by atoms with Crippen LogP contribution in [0, 0.1) is 0 Å². The third-order valence-electron chi connectivity index (χ3n) is 3.52. The molecule has 0 saturated carbocycles. The van der Waals surface area contributed by atoms with Crippen LogP contribution < -0.4 is 4.74 Å². The van der Waals surface area contributed by atoms with Gasteiger partial charge in [-0.25, -0.2) is 0 Å². The van der Waals surface area contributed by atoms with Crippen molar-refractivity contribution in [2.45, 2.75) is 37.2 Å². The molecule has 1 aromatic rings. The summed E-state index contributed by atoms with van der Waals surface area (Å²) < 4.78 is 5.39. The lowest BCUT2D eigenvalue weighted by Crippen LogP contribution is -2.49. The number of nitrogens with zero attached hydrogens (tertiary/aromatic N) is 1. The molecule has 1 aliphatic heterocycles. The van der Waals surface area contributed by atoms with Gasteiger partial charge in [0.15, 0.2) is 0 Å². The van der Waals surface area contributed by atoms with E-state index in [4.69, 9.17) is 4.74 Å². The Labute approximate surface area is 130 Å². The van der Waals surface area contributed by atoms with Crippen molar-refractivity contribution in [2.24, 2.45) is 0 Å². The first kappa shape index (κ1) is 16.2. The molecule has 0 bridgehead atoms. The van der Waals surface area contributed by atoms with Gasteiger partial charge in [-0.2, -0.15) is 0 Å². The number of β-amino-alcohol motifs (C(OH)–C–C–N with tert-alkyl or cyclic N) is 1. The number of hydrogen-bond acceptors (Lipinski definition) is 4. The molecule has 1 aliphatic rings. The molecule has 1 saturated heterocycles. The highest BCUT2D eigenvalue weighted by molar-refractivity contribution is 8.00. The molecule has 1 fully saturated rings. The summed E-state index contributed by atoms with van der Waals surface area (Å²) in [6.45, 7) is 5.59.